The molecule has 0 aliphatic carbocycles. The van der Waals surface area contributed by atoms with Gasteiger partial charge in [0.05, 0.1) is 21.2 Å². The van der Waals surface area contributed by atoms with Crippen molar-refractivity contribution in [1.82, 2.24) is 0 Å². The Balaban J connectivity index is 1.52. The van der Waals surface area contributed by atoms with Crippen molar-refractivity contribution >= 4 is 54.6 Å². The molecule has 0 spiro atoms. The number of sulfonamides is 2. The molecule has 4 aromatic carbocycles. The number of amides is 1. The molecule has 0 bridgehead atoms. The lowest BCUT2D eigenvalue weighted by atomic mass is 10.2. The van der Waals surface area contributed by atoms with Gasteiger partial charge in [-0.2, -0.15) is 0 Å². The second-order valence-corrected chi connectivity index (χ2v) is 12.7. The Morgan fingerprint density at radius 1 is 0.769 bits per heavy atom. The highest BCUT2D eigenvalue weighted by atomic mass is 35.5. The first-order valence-electron chi connectivity index (χ1n) is 11.8. The van der Waals surface area contributed by atoms with Crippen molar-refractivity contribution in [2.45, 2.75) is 23.6 Å². The molecule has 0 radical (unpaired) electrons. The number of carbonyl (C=O) groups is 1. The highest BCUT2D eigenvalue weighted by Gasteiger charge is 2.27. The SMILES string of the molecule is Cc1ccc(S(=O)(=O)N(CC(=O)Nc2ccc(S(=O)(=O)Nc3cccc(Cl)c3C)cc2)c2ccccc2)cc1. The van der Waals surface area contributed by atoms with Gasteiger partial charge in [0.25, 0.3) is 20.0 Å². The summed E-state index contributed by atoms with van der Waals surface area (Å²) in [6.45, 7) is 3.07. The molecule has 0 saturated carbocycles. The Labute approximate surface area is 233 Å². The fourth-order valence-corrected chi connectivity index (χ4v) is 6.44. The first-order valence-corrected chi connectivity index (χ1v) is 15.1. The van der Waals surface area contributed by atoms with Crippen LogP contribution in [0.1, 0.15) is 11.1 Å². The molecule has 11 heteroatoms. The molecule has 0 saturated heterocycles. The van der Waals surface area contributed by atoms with Gasteiger partial charge >= 0.3 is 0 Å². The molecule has 0 aliphatic rings. The van der Waals surface area contributed by atoms with Crippen LogP contribution in [-0.4, -0.2) is 29.3 Å². The molecular formula is C28H26ClN3O5S2. The summed E-state index contributed by atoms with van der Waals surface area (Å²) in [7, 11) is -7.96. The quantitative estimate of drug-likeness (QED) is 0.267. The van der Waals surface area contributed by atoms with Crippen molar-refractivity contribution in [2.24, 2.45) is 0 Å². The number of aryl methyl sites for hydroxylation is 1. The highest BCUT2D eigenvalue weighted by Crippen LogP contribution is 2.27. The number of halogens is 1. The maximum absolute atomic E-state index is 13.4. The van der Waals surface area contributed by atoms with E-state index in [-0.39, 0.29) is 9.79 Å². The average molecular weight is 584 g/mol. The third-order valence-electron chi connectivity index (χ3n) is 5.90. The minimum absolute atomic E-state index is 0.0206. The van der Waals surface area contributed by atoms with E-state index in [1.807, 2.05) is 6.92 Å². The predicted molar refractivity (Wildman–Crippen MR) is 154 cm³/mol. The molecule has 0 aliphatic heterocycles. The standard InChI is InChI=1S/C28H26ClN3O5S2/c1-20-11-15-25(16-12-20)39(36,37)32(23-7-4-3-5-8-23)19-28(33)30-22-13-17-24(18-14-22)38(34,35)31-27-10-6-9-26(29)21(27)2/h3-18,31H,19H2,1-2H3,(H,30,33). The molecule has 202 valence electrons. The number of rotatable bonds is 9. The Hall–Kier alpha value is -3.86. The molecular weight excluding hydrogens is 558 g/mol. The molecule has 2 N–H and O–H groups in total. The van der Waals surface area contributed by atoms with E-state index in [0.29, 0.717) is 27.6 Å². The van der Waals surface area contributed by atoms with Crippen LogP contribution in [-0.2, 0) is 24.8 Å². The van der Waals surface area contributed by atoms with Crippen molar-refractivity contribution in [3.8, 4) is 0 Å². The number of para-hydroxylation sites is 1. The minimum atomic E-state index is -4.05. The molecule has 0 aromatic heterocycles. The first-order chi connectivity index (χ1) is 18.5. The summed E-state index contributed by atoms with van der Waals surface area (Å²) in [4.78, 5) is 13.0. The van der Waals surface area contributed by atoms with Gasteiger partial charge in [-0.05, 0) is 80.1 Å². The number of carbonyl (C=O) groups excluding carboxylic acids is 1. The lowest BCUT2D eigenvalue weighted by molar-refractivity contribution is -0.114. The van der Waals surface area contributed by atoms with Crippen molar-refractivity contribution < 1.29 is 21.6 Å². The number of nitrogens with zero attached hydrogens (tertiary/aromatic N) is 1. The van der Waals surface area contributed by atoms with E-state index >= 15 is 0 Å². The number of anilines is 3. The summed E-state index contributed by atoms with van der Waals surface area (Å²) in [6, 6.07) is 25.2. The van der Waals surface area contributed by atoms with Gasteiger partial charge < -0.3 is 5.32 Å². The Bertz CT molecular complexity index is 1690. The molecule has 1 amide bonds. The van der Waals surface area contributed by atoms with E-state index in [4.69, 9.17) is 11.6 Å². The van der Waals surface area contributed by atoms with E-state index in [9.17, 15) is 21.6 Å². The number of benzene rings is 4. The first kappa shape index (κ1) is 28.2. The summed E-state index contributed by atoms with van der Waals surface area (Å²) in [5.74, 6) is -0.599. The van der Waals surface area contributed by atoms with Gasteiger partial charge in [0.15, 0.2) is 0 Å². The van der Waals surface area contributed by atoms with E-state index in [0.717, 1.165) is 9.87 Å². The predicted octanol–water partition coefficient (Wildman–Crippen LogP) is 5.59. The van der Waals surface area contributed by atoms with Crippen LogP contribution in [0, 0.1) is 13.8 Å². The summed E-state index contributed by atoms with van der Waals surface area (Å²) in [5.41, 5.74) is 2.49. The zero-order valence-corrected chi connectivity index (χ0v) is 23.5. The zero-order chi connectivity index (χ0) is 28.2. The van der Waals surface area contributed by atoms with E-state index < -0.39 is 32.5 Å². The largest absolute Gasteiger partial charge is 0.325 e. The van der Waals surface area contributed by atoms with E-state index in [1.165, 1.54) is 36.4 Å². The fourth-order valence-electron chi connectivity index (χ4n) is 3.72. The number of hydrogen-bond donors (Lipinski definition) is 2. The average Bonchev–Trinajstić information content (AvgIpc) is 2.91. The van der Waals surface area contributed by atoms with E-state index in [2.05, 4.69) is 10.0 Å². The van der Waals surface area contributed by atoms with Gasteiger partial charge in [0.2, 0.25) is 5.91 Å². The van der Waals surface area contributed by atoms with Gasteiger partial charge in [-0.15, -0.1) is 0 Å². The monoisotopic (exact) mass is 583 g/mol. The number of hydrogen-bond acceptors (Lipinski definition) is 5. The fraction of sp³-hybridized carbons (Fsp3) is 0.107. The van der Waals surface area contributed by atoms with Crippen molar-refractivity contribution in [3.05, 3.63) is 113 Å². The van der Waals surface area contributed by atoms with Gasteiger partial charge in [0, 0.05) is 10.7 Å². The van der Waals surface area contributed by atoms with Gasteiger partial charge in [-0.25, -0.2) is 16.8 Å². The second kappa shape index (κ2) is 11.5. The van der Waals surface area contributed by atoms with Crippen LogP contribution in [0.15, 0.2) is 107 Å². The molecule has 39 heavy (non-hydrogen) atoms. The van der Waals surface area contributed by atoms with Crippen LogP contribution in [0.2, 0.25) is 5.02 Å². The van der Waals surface area contributed by atoms with Crippen molar-refractivity contribution in [3.63, 3.8) is 0 Å². The molecule has 4 rings (SSSR count). The van der Waals surface area contributed by atoms with Gasteiger partial charge in [-0.3, -0.25) is 13.8 Å². The lowest BCUT2D eigenvalue weighted by Crippen LogP contribution is -2.38. The molecule has 8 nitrogen and oxygen atoms in total. The van der Waals surface area contributed by atoms with Crippen molar-refractivity contribution in [1.29, 1.82) is 0 Å². The third kappa shape index (κ3) is 6.59. The Morgan fingerprint density at radius 3 is 2.03 bits per heavy atom. The number of nitrogens with one attached hydrogen (secondary N) is 2. The van der Waals surface area contributed by atoms with Crippen LogP contribution in [0.3, 0.4) is 0 Å². The molecule has 0 fully saturated rings. The van der Waals surface area contributed by atoms with Gasteiger partial charge in [-0.1, -0.05) is 53.6 Å². The summed E-state index contributed by atoms with van der Waals surface area (Å²) < 4.78 is 56.1. The second-order valence-electron chi connectivity index (χ2n) is 8.75. The van der Waals surface area contributed by atoms with Crippen molar-refractivity contribution in [2.75, 3.05) is 20.9 Å². The maximum Gasteiger partial charge on any atom is 0.264 e. The summed E-state index contributed by atoms with van der Waals surface area (Å²) >= 11 is 6.09. The Kier molecular flexibility index (Phi) is 8.29. The normalized spacial score (nSPS) is 11.6. The maximum atomic E-state index is 13.4. The van der Waals surface area contributed by atoms with Crippen LogP contribution in [0.5, 0.6) is 0 Å². The third-order valence-corrected chi connectivity index (χ3v) is 9.48. The molecule has 0 unspecified atom stereocenters. The van der Waals surface area contributed by atoms with Crippen LogP contribution < -0.4 is 14.3 Å². The highest BCUT2D eigenvalue weighted by molar-refractivity contribution is 7.93. The van der Waals surface area contributed by atoms with Crippen LogP contribution in [0.4, 0.5) is 17.1 Å². The van der Waals surface area contributed by atoms with Crippen LogP contribution >= 0.6 is 11.6 Å². The van der Waals surface area contributed by atoms with Gasteiger partial charge in [0.1, 0.15) is 6.54 Å². The minimum Gasteiger partial charge on any atom is -0.325 e. The Morgan fingerprint density at radius 2 is 1.38 bits per heavy atom. The molecule has 0 atom stereocenters. The topological polar surface area (TPSA) is 113 Å². The lowest BCUT2D eigenvalue weighted by Gasteiger charge is -2.24. The summed E-state index contributed by atoms with van der Waals surface area (Å²) in [5, 5.41) is 3.07. The summed E-state index contributed by atoms with van der Waals surface area (Å²) in [6.07, 6.45) is 0. The molecule has 0 heterocycles. The van der Waals surface area contributed by atoms with E-state index in [1.54, 1.807) is 67.6 Å². The zero-order valence-electron chi connectivity index (χ0n) is 21.1. The smallest absolute Gasteiger partial charge is 0.264 e. The van der Waals surface area contributed by atoms with Crippen LogP contribution in [0.25, 0.3) is 0 Å². The molecule has 4 aromatic rings.